The number of nitrogens with zero attached hydrogens (tertiary/aromatic N) is 1. The molecule has 0 spiro atoms. The highest BCUT2D eigenvalue weighted by molar-refractivity contribution is 6.03. The standard InChI is InChI=1S/C12H11N3O3/c1-18-12(17)8-3-2-4-9(5-8)15-11(16)10-6-13-7-14-10/h2-7H,1H3,(H,13,14)(H,15,16). The van der Waals surface area contributed by atoms with Crippen LogP contribution in [0.4, 0.5) is 5.69 Å². The fourth-order valence-corrected chi connectivity index (χ4v) is 1.42. The van der Waals surface area contributed by atoms with Crippen LogP contribution < -0.4 is 5.32 Å². The summed E-state index contributed by atoms with van der Waals surface area (Å²) in [7, 11) is 1.30. The SMILES string of the molecule is COC(=O)c1cccc(NC(=O)c2cnc[nH]2)c1. The monoisotopic (exact) mass is 245 g/mol. The van der Waals surface area contributed by atoms with Crippen molar-refractivity contribution in [3.63, 3.8) is 0 Å². The summed E-state index contributed by atoms with van der Waals surface area (Å²) in [4.78, 5) is 29.5. The number of anilines is 1. The third kappa shape index (κ3) is 2.54. The van der Waals surface area contributed by atoms with Gasteiger partial charge in [0.1, 0.15) is 5.69 Å². The number of rotatable bonds is 3. The van der Waals surface area contributed by atoms with Gasteiger partial charge in [-0.2, -0.15) is 0 Å². The van der Waals surface area contributed by atoms with Crippen LogP contribution in [0.1, 0.15) is 20.8 Å². The molecule has 0 saturated heterocycles. The molecule has 0 aliphatic heterocycles. The minimum Gasteiger partial charge on any atom is -0.465 e. The number of H-pyrrole nitrogens is 1. The average Bonchev–Trinajstić information content (AvgIpc) is 2.92. The van der Waals surface area contributed by atoms with E-state index in [1.54, 1.807) is 24.3 Å². The molecule has 0 aliphatic carbocycles. The lowest BCUT2D eigenvalue weighted by Crippen LogP contribution is -2.12. The van der Waals surface area contributed by atoms with Gasteiger partial charge < -0.3 is 15.0 Å². The van der Waals surface area contributed by atoms with Gasteiger partial charge in [-0.1, -0.05) is 6.07 Å². The Balaban J connectivity index is 2.15. The van der Waals surface area contributed by atoms with Crippen molar-refractivity contribution < 1.29 is 14.3 Å². The summed E-state index contributed by atoms with van der Waals surface area (Å²) < 4.78 is 4.60. The van der Waals surface area contributed by atoms with Crippen molar-refractivity contribution in [2.45, 2.75) is 0 Å². The molecule has 1 heterocycles. The molecule has 0 saturated carbocycles. The molecule has 2 rings (SSSR count). The summed E-state index contributed by atoms with van der Waals surface area (Å²) in [6, 6.07) is 6.49. The topological polar surface area (TPSA) is 84.1 Å². The molecule has 18 heavy (non-hydrogen) atoms. The maximum absolute atomic E-state index is 11.7. The summed E-state index contributed by atoms with van der Waals surface area (Å²) in [5.74, 6) is -0.776. The summed E-state index contributed by atoms with van der Waals surface area (Å²) >= 11 is 0. The summed E-state index contributed by atoms with van der Waals surface area (Å²) in [6.07, 6.45) is 2.83. The Morgan fingerprint density at radius 2 is 2.22 bits per heavy atom. The lowest BCUT2D eigenvalue weighted by atomic mass is 10.2. The van der Waals surface area contributed by atoms with Gasteiger partial charge in [-0.15, -0.1) is 0 Å². The molecule has 6 nitrogen and oxygen atoms in total. The summed E-state index contributed by atoms with van der Waals surface area (Å²) in [5.41, 5.74) is 1.23. The van der Waals surface area contributed by atoms with Crippen molar-refractivity contribution in [3.8, 4) is 0 Å². The minimum atomic E-state index is -0.451. The van der Waals surface area contributed by atoms with Crippen LogP contribution >= 0.6 is 0 Å². The van der Waals surface area contributed by atoms with Crippen LogP contribution in [-0.4, -0.2) is 29.0 Å². The van der Waals surface area contributed by atoms with Crippen LogP contribution in [0.2, 0.25) is 0 Å². The lowest BCUT2D eigenvalue weighted by molar-refractivity contribution is 0.0600. The number of benzene rings is 1. The molecule has 0 bridgehead atoms. The van der Waals surface area contributed by atoms with E-state index in [-0.39, 0.29) is 5.91 Å². The van der Waals surface area contributed by atoms with Gasteiger partial charge in [-0.3, -0.25) is 4.79 Å². The molecular weight excluding hydrogens is 234 g/mol. The fraction of sp³-hybridized carbons (Fsp3) is 0.0833. The van der Waals surface area contributed by atoms with E-state index >= 15 is 0 Å². The Labute approximate surface area is 103 Å². The Morgan fingerprint density at radius 1 is 1.39 bits per heavy atom. The molecule has 0 radical (unpaired) electrons. The molecule has 0 unspecified atom stereocenters. The number of hydrogen-bond donors (Lipinski definition) is 2. The minimum absolute atomic E-state index is 0.325. The number of esters is 1. The van der Waals surface area contributed by atoms with Crippen LogP contribution in [0.25, 0.3) is 0 Å². The molecule has 0 aliphatic rings. The number of aromatic amines is 1. The molecule has 1 aromatic heterocycles. The van der Waals surface area contributed by atoms with E-state index in [4.69, 9.17) is 0 Å². The number of carbonyl (C=O) groups excluding carboxylic acids is 2. The van der Waals surface area contributed by atoms with Crippen LogP contribution in [0.15, 0.2) is 36.8 Å². The van der Waals surface area contributed by atoms with Gasteiger partial charge in [-0.25, -0.2) is 9.78 Å². The van der Waals surface area contributed by atoms with Crippen molar-refractivity contribution >= 4 is 17.6 Å². The number of ether oxygens (including phenoxy) is 1. The molecule has 92 valence electrons. The quantitative estimate of drug-likeness (QED) is 0.801. The number of nitrogens with one attached hydrogen (secondary N) is 2. The van der Waals surface area contributed by atoms with E-state index < -0.39 is 5.97 Å². The third-order valence-corrected chi connectivity index (χ3v) is 2.28. The van der Waals surface area contributed by atoms with Gasteiger partial charge >= 0.3 is 5.97 Å². The van der Waals surface area contributed by atoms with Crippen molar-refractivity contribution in [2.24, 2.45) is 0 Å². The van der Waals surface area contributed by atoms with E-state index in [9.17, 15) is 9.59 Å². The number of imidazole rings is 1. The first-order chi connectivity index (χ1) is 8.70. The van der Waals surface area contributed by atoms with Crippen LogP contribution in [0, 0.1) is 0 Å². The zero-order valence-electron chi connectivity index (χ0n) is 9.64. The smallest absolute Gasteiger partial charge is 0.337 e. The lowest BCUT2D eigenvalue weighted by Gasteiger charge is -2.05. The van der Waals surface area contributed by atoms with Crippen LogP contribution in [-0.2, 0) is 4.74 Å². The second-order valence-corrected chi connectivity index (χ2v) is 3.49. The number of amides is 1. The van der Waals surface area contributed by atoms with Gasteiger partial charge in [0.15, 0.2) is 0 Å². The maximum atomic E-state index is 11.7. The van der Waals surface area contributed by atoms with Crippen molar-refractivity contribution in [2.75, 3.05) is 12.4 Å². The van der Waals surface area contributed by atoms with E-state index in [0.29, 0.717) is 16.9 Å². The van der Waals surface area contributed by atoms with E-state index in [1.807, 2.05) is 0 Å². The molecule has 2 aromatic rings. The molecular formula is C12H11N3O3. The van der Waals surface area contributed by atoms with E-state index in [0.717, 1.165) is 0 Å². The first kappa shape index (κ1) is 11.8. The highest BCUT2D eigenvalue weighted by Crippen LogP contribution is 2.12. The number of methoxy groups -OCH3 is 1. The predicted octanol–water partition coefficient (Wildman–Crippen LogP) is 1.45. The largest absolute Gasteiger partial charge is 0.465 e. The number of aromatic nitrogens is 2. The molecule has 2 N–H and O–H groups in total. The normalized spacial score (nSPS) is 9.83. The number of hydrogen-bond acceptors (Lipinski definition) is 4. The molecule has 6 heteroatoms. The van der Waals surface area contributed by atoms with Gasteiger partial charge in [0.05, 0.1) is 25.2 Å². The predicted molar refractivity (Wildman–Crippen MR) is 64.3 cm³/mol. The Bertz CT molecular complexity index is 564. The van der Waals surface area contributed by atoms with Crippen molar-refractivity contribution in [1.29, 1.82) is 0 Å². The Hall–Kier alpha value is -2.63. The Kier molecular flexibility index (Phi) is 3.38. The van der Waals surface area contributed by atoms with Gasteiger partial charge in [0.2, 0.25) is 0 Å². The molecule has 1 aromatic carbocycles. The first-order valence-corrected chi connectivity index (χ1v) is 5.19. The summed E-state index contributed by atoms with van der Waals surface area (Å²) in [5, 5.41) is 2.65. The third-order valence-electron chi connectivity index (χ3n) is 2.28. The highest BCUT2D eigenvalue weighted by Gasteiger charge is 2.09. The number of carbonyl (C=O) groups is 2. The van der Waals surface area contributed by atoms with Gasteiger partial charge in [0.25, 0.3) is 5.91 Å². The fourth-order valence-electron chi connectivity index (χ4n) is 1.42. The summed E-state index contributed by atoms with van der Waals surface area (Å²) in [6.45, 7) is 0. The van der Waals surface area contributed by atoms with Crippen molar-refractivity contribution in [3.05, 3.63) is 48.0 Å². The van der Waals surface area contributed by atoms with Crippen LogP contribution in [0.3, 0.4) is 0 Å². The molecule has 0 fully saturated rings. The zero-order valence-corrected chi connectivity index (χ0v) is 9.64. The average molecular weight is 245 g/mol. The zero-order chi connectivity index (χ0) is 13.0. The van der Waals surface area contributed by atoms with Crippen LogP contribution in [0.5, 0.6) is 0 Å². The maximum Gasteiger partial charge on any atom is 0.337 e. The second kappa shape index (κ2) is 5.13. The van der Waals surface area contributed by atoms with Gasteiger partial charge in [-0.05, 0) is 18.2 Å². The van der Waals surface area contributed by atoms with E-state index in [2.05, 4.69) is 20.0 Å². The van der Waals surface area contributed by atoms with Crippen molar-refractivity contribution in [1.82, 2.24) is 9.97 Å². The first-order valence-electron chi connectivity index (χ1n) is 5.19. The van der Waals surface area contributed by atoms with Gasteiger partial charge in [0, 0.05) is 5.69 Å². The second-order valence-electron chi connectivity index (χ2n) is 3.49. The molecule has 0 atom stereocenters. The molecule has 1 amide bonds. The Morgan fingerprint density at radius 3 is 2.89 bits per heavy atom. The van der Waals surface area contributed by atoms with E-state index in [1.165, 1.54) is 19.6 Å². The highest BCUT2D eigenvalue weighted by atomic mass is 16.5.